The van der Waals surface area contributed by atoms with Gasteiger partial charge in [-0.05, 0) is 31.6 Å². The summed E-state index contributed by atoms with van der Waals surface area (Å²) in [7, 11) is 0. The van der Waals surface area contributed by atoms with Crippen molar-refractivity contribution in [3.05, 3.63) is 89.2 Å². The molecule has 1 aliphatic heterocycles. The fourth-order valence-corrected chi connectivity index (χ4v) is 4.35. The van der Waals surface area contributed by atoms with E-state index in [1.807, 2.05) is 30.3 Å². The number of benzene rings is 1. The Hall–Kier alpha value is -3.79. The van der Waals surface area contributed by atoms with Gasteiger partial charge in [-0.3, -0.25) is 19.5 Å². The van der Waals surface area contributed by atoms with E-state index in [1.54, 1.807) is 19.9 Å². The van der Waals surface area contributed by atoms with Gasteiger partial charge in [0.1, 0.15) is 16.7 Å². The fraction of sp³-hybridized carbons (Fsp3) is 0.190. The highest BCUT2D eigenvalue weighted by atomic mass is 32.1. The van der Waals surface area contributed by atoms with Gasteiger partial charge in [0.05, 0.1) is 22.8 Å². The predicted molar refractivity (Wildman–Crippen MR) is 113 cm³/mol. The zero-order chi connectivity index (χ0) is 22.1. The quantitative estimate of drug-likeness (QED) is 0.342. The Kier molecular flexibility index (Phi) is 5.38. The standard InChI is InChI=1S/C21H17N3O6S/c1-3-29-20(26)17-12(2)23-19(25)15(11-13-7-5-4-6-8-13)31-21(23)22-18(17)14-9-10-16(30-14)24(27)28/h4-11,18H,3H2,1-2H3/b15-11-/t18-/m0/s1. The van der Waals surface area contributed by atoms with E-state index in [0.29, 0.717) is 15.0 Å². The second-order valence-electron chi connectivity index (χ2n) is 6.63. The highest BCUT2D eigenvalue weighted by Crippen LogP contribution is 2.34. The van der Waals surface area contributed by atoms with Gasteiger partial charge in [0.15, 0.2) is 4.80 Å². The minimum atomic E-state index is -0.963. The Morgan fingerprint density at radius 1 is 1.32 bits per heavy atom. The van der Waals surface area contributed by atoms with Crippen molar-refractivity contribution in [2.75, 3.05) is 6.61 Å². The van der Waals surface area contributed by atoms with Crippen LogP contribution in [0.25, 0.3) is 11.8 Å². The molecule has 158 valence electrons. The lowest BCUT2D eigenvalue weighted by Gasteiger charge is -2.20. The van der Waals surface area contributed by atoms with Crippen molar-refractivity contribution in [2.24, 2.45) is 4.99 Å². The van der Waals surface area contributed by atoms with E-state index in [-0.39, 0.29) is 23.5 Å². The molecule has 0 saturated carbocycles. The summed E-state index contributed by atoms with van der Waals surface area (Å²) < 4.78 is 12.3. The summed E-state index contributed by atoms with van der Waals surface area (Å²) in [5.41, 5.74) is 0.992. The van der Waals surface area contributed by atoms with Gasteiger partial charge in [-0.25, -0.2) is 9.79 Å². The minimum absolute atomic E-state index is 0.102. The number of hydrogen-bond donors (Lipinski definition) is 0. The van der Waals surface area contributed by atoms with Crippen LogP contribution in [-0.4, -0.2) is 22.1 Å². The molecule has 1 aliphatic rings. The van der Waals surface area contributed by atoms with Gasteiger partial charge >= 0.3 is 11.9 Å². The molecule has 0 N–H and O–H groups in total. The third-order valence-electron chi connectivity index (χ3n) is 4.70. The first-order valence-electron chi connectivity index (χ1n) is 9.39. The van der Waals surface area contributed by atoms with Crippen molar-refractivity contribution in [3.63, 3.8) is 0 Å². The lowest BCUT2D eigenvalue weighted by molar-refractivity contribution is -0.402. The number of thiazole rings is 1. The molecule has 0 fully saturated rings. The molecule has 9 nitrogen and oxygen atoms in total. The van der Waals surface area contributed by atoms with Crippen molar-refractivity contribution in [3.8, 4) is 0 Å². The lowest BCUT2D eigenvalue weighted by Crippen LogP contribution is -2.35. The summed E-state index contributed by atoms with van der Waals surface area (Å²) in [4.78, 5) is 41.0. The van der Waals surface area contributed by atoms with E-state index in [9.17, 15) is 19.7 Å². The number of furan rings is 1. The van der Waals surface area contributed by atoms with Crippen LogP contribution in [0.15, 0.2) is 62.2 Å². The lowest BCUT2D eigenvalue weighted by atomic mass is 10.0. The third kappa shape index (κ3) is 3.73. The Balaban J connectivity index is 1.94. The van der Waals surface area contributed by atoms with Gasteiger partial charge in [-0.2, -0.15) is 0 Å². The average molecular weight is 439 g/mol. The van der Waals surface area contributed by atoms with Crippen molar-refractivity contribution in [1.82, 2.24) is 4.57 Å². The van der Waals surface area contributed by atoms with E-state index in [2.05, 4.69) is 4.99 Å². The first kappa shape index (κ1) is 20.5. The number of nitro groups is 1. The summed E-state index contributed by atoms with van der Waals surface area (Å²) in [5.74, 6) is -1.00. The number of nitrogens with zero attached hydrogens (tertiary/aromatic N) is 3. The fourth-order valence-electron chi connectivity index (χ4n) is 3.31. The number of fused-ring (bicyclic) bond motifs is 1. The largest absolute Gasteiger partial charge is 0.463 e. The normalized spacial score (nSPS) is 16.1. The molecule has 4 rings (SSSR count). The topological polar surface area (TPSA) is 117 Å². The van der Waals surface area contributed by atoms with E-state index < -0.39 is 22.8 Å². The molecule has 3 aromatic rings. The Morgan fingerprint density at radius 3 is 2.71 bits per heavy atom. The summed E-state index contributed by atoms with van der Waals surface area (Å²) >= 11 is 1.17. The minimum Gasteiger partial charge on any atom is -0.463 e. The molecule has 1 aromatic carbocycles. The van der Waals surface area contributed by atoms with E-state index in [1.165, 1.54) is 28.0 Å². The molecule has 0 unspecified atom stereocenters. The van der Waals surface area contributed by atoms with Crippen molar-refractivity contribution in [1.29, 1.82) is 0 Å². The number of ether oxygens (including phenoxy) is 1. The van der Waals surface area contributed by atoms with Gasteiger partial charge < -0.3 is 9.15 Å². The maximum absolute atomic E-state index is 13.1. The number of rotatable bonds is 5. The van der Waals surface area contributed by atoms with Gasteiger partial charge in [-0.1, -0.05) is 41.7 Å². The summed E-state index contributed by atoms with van der Waals surface area (Å²) in [5, 5.41) is 11.0. The molecule has 0 aliphatic carbocycles. The number of hydrogen-bond acceptors (Lipinski definition) is 8. The zero-order valence-electron chi connectivity index (χ0n) is 16.6. The Morgan fingerprint density at radius 2 is 2.06 bits per heavy atom. The van der Waals surface area contributed by atoms with Crippen molar-refractivity contribution in [2.45, 2.75) is 19.9 Å². The van der Waals surface area contributed by atoms with Crippen LogP contribution >= 0.6 is 11.3 Å². The number of carbonyl (C=O) groups excluding carboxylic acids is 1. The maximum Gasteiger partial charge on any atom is 0.433 e. The summed E-state index contributed by atoms with van der Waals surface area (Å²) in [6.45, 7) is 3.41. The number of esters is 1. The van der Waals surface area contributed by atoms with Crippen LogP contribution in [-0.2, 0) is 9.53 Å². The van der Waals surface area contributed by atoms with Crippen LogP contribution in [0.5, 0.6) is 0 Å². The molecule has 0 spiro atoms. The van der Waals surface area contributed by atoms with Crippen LogP contribution < -0.4 is 14.9 Å². The molecule has 3 heterocycles. The van der Waals surface area contributed by atoms with Gasteiger partial charge in [0, 0.05) is 5.70 Å². The number of allylic oxidation sites excluding steroid dienone is 1. The summed E-state index contributed by atoms with van der Waals surface area (Å²) in [6.07, 6.45) is 1.75. The molecular formula is C21H17N3O6S. The zero-order valence-corrected chi connectivity index (χ0v) is 17.4. The smallest absolute Gasteiger partial charge is 0.433 e. The number of aromatic nitrogens is 1. The first-order valence-corrected chi connectivity index (χ1v) is 10.2. The second kappa shape index (κ2) is 8.15. The van der Waals surface area contributed by atoms with E-state index in [4.69, 9.17) is 9.15 Å². The number of carbonyl (C=O) groups is 1. The molecular weight excluding hydrogens is 422 g/mol. The second-order valence-corrected chi connectivity index (χ2v) is 7.64. The Bertz CT molecular complexity index is 1380. The van der Waals surface area contributed by atoms with Crippen LogP contribution in [0.1, 0.15) is 31.2 Å². The van der Waals surface area contributed by atoms with Gasteiger partial charge in [-0.15, -0.1) is 0 Å². The summed E-state index contributed by atoms with van der Waals surface area (Å²) in [6, 6.07) is 11.0. The van der Waals surface area contributed by atoms with Crippen molar-refractivity contribution < 1.29 is 18.9 Å². The average Bonchev–Trinajstić information content (AvgIpc) is 3.34. The van der Waals surface area contributed by atoms with E-state index in [0.717, 1.165) is 5.56 Å². The van der Waals surface area contributed by atoms with Crippen LogP contribution in [0.3, 0.4) is 0 Å². The molecule has 0 amide bonds. The van der Waals surface area contributed by atoms with Gasteiger partial charge in [0.25, 0.3) is 5.56 Å². The SMILES string of the molecule is CCOC(=O)C1=C(C)n2c(s/c(=C\c3ccccc3)c2=O)=N[C@H]1c1ccc([N+](=O)[O-])o1. The monoisotopic (exact) mass is 439 g/mol. The molecule has 2 aromatic heterocycles. The third-order valence-corrected chi connectivity index (χ3v) is 5.68. The van der Waals surface area contributed by atoms with Gasteiger partial charge in [0.2, 0.25) is 0 Å². The predicted octanol–water partition coefficient (Wildman–Crippen LogP) is 2.41. The van der Waals surface area contributed by atoms with E-state index >= 15 is 0 Å². The van der Waals surface area contributed by atoms with Crippen LogP contribution in [0.2, 0.25) is 0 Å². The van der Waals surface area contributed by atoms with Crippen LogP contribution in [0.4, 0.5) is 5.88 Å². The molecule has 0 bridgehead atoms. The van der Waals surface area contributed by atoms with Crippen molar-refractivity contribution >= 4 is 35.0 Å². The molecule has 10 heteroatoms. The molecule has 1 atom stereocenters. The maximum atomic E-state index is 13.1. The molecule has 0 saturated heterocycles. The molecule has 0 radical (unpaired) electrons. The Labute approximate surface area is 179 Å². The highest BCUT2D eigenvalue weighted by Gasteiger charge is 2.34. The van der Waals surface area contributed by atoms with Crippen LogP contribution in [0, 0.1) is 10.1 Å². The highest BCUT2D eigenvalue weighted by molar-refractivity contribution is 7.07. The molecule has 31 heavy (non-hydrogen) atoms. The first-order chi connectivity index (χ1) is 14.9.